The minimum absolute atomic E-state index is 0. The van der Waals surface area contributed by atoms with Crippen molar-refractivity contribution in [3.8, 4) is 0 Å². The third-order valence-electron chi connectivity index (χ3n) is 0.647. The molecule has 0 radical (unpaired) electrons. The molecular weight excluding hydrogens is 200 g/mol. The second kappa shape index (κ2) is 13.7. The van der Waals surface area contributed by atoms with Crippen molar-refractivity contribution in [2.75, 3.05) is 19.7 Å². The van der Waals surface area contributed by atoms with Crippen LogP contribution in [0.1, 0.15) is 6.92 Å². The summed E-state index contributed by atoms with van der Waals surface area (Å²) in [4.78, 5) is 19.3. The number of aliphatic carboxylic acids is 1. The van der Waals surface area contributed by atoms with Crippen LogP contribution in [-0.2, 0) is 14.3 Å². The lowest BCUT2D eigenvalue weighted by atomic mass is 10.7. The summed E-state index contributed by atoms with van der Waals surface area (Å²) in [7, 11) is 0. The van der Waals surface area contributed by atoms with Gasteiger partial charge in [-0.15, -0.1) is 12.4 Å². The van der Waals surface area contributed by atoms with Gasteiger partial charge in [0.2, 0.25) is 0 Å². The van der Waals surface area contributed by atoms with Crippen LogP contribution in [0, 0.1) is 0 Å². The molecule has 0 fully saturated rings. The molecule has 0 spiro atoms. The second-order valence-corrected chi connectivity index (χ2v) is 1.61. The Morgan fingerprint density at radius 2 is 1.69 bits per heavy atom. The van der Waals surface area contributed by atoms with E-state index in [1.807, 2.05) is 0 Å². The quantitative estimate of drug-likeness (QED) is 0.517. The molecule has 0 saturated heterocycles. The molecule has 0 aromatic carbocycles. The van der Waals surface area contributed by atoms with Gasteiger partial charge in [0.05, 0.1) is 19.7 Å². The molecule has 0 rings (SSSR count). The maximum Gasteiger partial charge on any atom is 0.319 e. The van der Waals surface area contributed by atoms with Gasteiger partial charge in [-0.05, 0) is 6.92 Å². The molecule has 0 aromatic heterocycles. The van der Waals surface area contributed by atoms with Crippen LogP contribution >= 0.6 is 12.4 Å². The summed E-state index contributed by atoms with van der Waals surface area (Å²) in [6.45, 7) is 1.86. The molecule has 7 heteroatoms. The van der Waals surface area contributed by atoms with E-state index in [1.165, 1.54) is 0 Å². The van der Waals surface area contributed by atoms with Crippen LogP contribution in [0.25, 0.3) is 0 Å². The van der Waals surface area contributed by atoms with Crippen LogP contribution < -0.4 is 11.5 Å². The molecule has 0 aromatic rings. The lowest BCUT2D eigenvalue weighted by molar-refractivity contribution is -0.141. The van der Waals surface area contributed by atoms with Gasteiger partial charge >= 0.3 is 11.9 Å². The molecule has 0 bridgehead atoms. The van der Waals surface area contributed by atoms with Gasteiger partial charge < -0.3 is 21.3 Å². The number of rotatable bonds is 3. The molecule has 0 aliphatic carbocycles. The summed E-state index contributed by atoms with van der Waals surface area (Å²) in [5, 5.41) is 7.60. The minimum Gasteiger partial charge on any atom is -0.480 e. The Hall–Kier alpha value is -0.850. The Labute approximate surface area is 82.6 Å². The number of halogens is 1. The molecule has 0 aliphatic rings. The topological polar surface area (TPSA) is 116 Å². The Morgan fingerprint density at radius 3 is 1.77 bits per heavy atom. The average Bonchev–Trinajstić information content (AvgIpc) is 2.06. The van der Waals surface area contributed by atoms with E-state index in [4.69, 9.17) is 10.8 Å². The van der Waals surface area contributed by atoms with Gasteiger partial charge in [-0.1, -0.05) is 0 Å². The van der Waals surface area contributed by atoms with E-state index in [-0.39, 0.29) is 31.5 Å². The zero-order valence-electron chi connectivity index (χ0n) is 7.36. The van der Waals surface area contributed by atoms with E-state index >= 15 is 0 Å². The van der Waals surface area contributed by atoms with Gasteiger partial charge in [0, 0.05) is 0 Å². The Bertz CT molecular complexity index is 143. The first-order valence-corrected chi connectivity index (χ1v) is 3.36. The zero-order chi connectivity index (χ0) is 9.98. The molecule has 0 saturated carbocycles. The molecule has 80 valence electrons. The summed E-state index contributed by atoms with van der Waals surface area (Å²) < 4.78 is 4.43. The molecule has 0 amide bonds. The SMILES string of the molecule is CCOC(=O)CN.Cl.NCC(=O)O. The largest absolute Gasteiger partial charge is 0.480 e. The van der Waals surface area contributed by atoms with Crippen LogP contribution in [0.4, 0.5) is 0 Å². The number of hydrogen-bond acceptors (Lipinski definition) is 5. The van der Waals surface area contributed by atoms with Crippen molar-refractivity contribution in [3.63, 3.8) is 0 Å². The first kappa shape index (κ1) is 18.0. The number of ether oxygens (including phenoxy) is 1. The highest BCUT2D eigenvalue weighted by Gasteiger charge is 1.91. The average molecular weight is 215 g/mol. The molecule has 13 heavy (non-hydrogen) atoms. The molecule has 0 heterocycles. The maximum atomic E-state index is 10.1. The van der Waals surface area contributed by atoms with E-state index in [0.29, 0.717) is 6.61 Å². The van der Waals surface area contributed by atoms with Crippen molar-refractivity contribution in [3.05, 3.63) is 0 Å². The molecular formula is C6H15ClN2O4. The summed E-state index contributed by atoms with van der Waals surface area (Å²) in [5.41, 5.74) is 9.46. The molecule has 0 atom stereocenters. The highest BCUT2D eigenvalue weighted by Crippen LogP contribution is 1.69. The normalized spacial score (nSPS) is 7.31. The predicted molar refractivity (Wildman–Crippen MR) is 49.6 cm³/mol. The molecule has 0 aliphatic heterocycles. The smallest absolute Gasteiger partial charge is 0.319 e. The van der Waals surface area contributed by atoms with Crippen molar-refractivity contribution < 1.29 is 19.4 Å². The van der Waals surface area contributed by atoms with E-state index in [2.05, 4.69) is 10.5 Å². The van der Waals surface area contributed by atoms with Crippen LogP contribution in [0.2, 0.25) is 0 Å². The predicted octanol–water partition coefficient (Wildman–Crippen LogP) is -1.04. The first-order chi connectivity index (χ1) is 5.58. The van der Waals surface area contributed by atoms with Gasteiger partial charge in [-0.2, -0.15) is 0 Å². The highest BCUT2D eigenvalue weighted by molar-refractivity contribution is 5.85. The fraction of sp³-hybridized carbons (Fsp3) is 0.667. The fourth-order valence-electron chi connectivity index (χ4n) is 0.220. The van der Waals surface area contributed by atoms with Crippen molar-refractivity contribution >= 4 is 24.3 Å². The number of carbonyl (C=O) groups excluding carboxylic acids is 1. The standard InChI is InChI=1S/C4H9NO2.C2H5NO2.ClH/c1-2-7-4(6)3-5;3-1-2(4)5;/h2-3,5H2,1H3;1,3H2,(H,4,5);1H. The van der Waals surface area contributed by atoms with E-state index < -0.39 is 5.97 Å². The highest BCUT2D eigenvalue weighted by atomic mass is 35.5. The lowest BCUT2D eigenvalue weighted by Gasteiger charge is -1.93. The zero-order valence-corrected chi connectivity index (χ0v) is 8.17. The van der Waals surface area contributed by atoms with Crippen LogP contribution in [0.5, 0.6) is 0 Å². The van der Waals surface area contributed by atoms with Crippen molar-refractivity contribution in [1.82, 2.24) is 0 Å². The Morgan fingerprint density at radius 1 is 1.31 bits per heavy atom. The summed E-state index contributed by atoms with van der Waals surface area (Å²) in [6, 6.07) is 0. The van der Waals surface area contributed by atoms with E-state index in [9.17, 15) is 9.59 Å². The monoisotopic (exact) mass is 214 g/mol. The molecule has 5 N–H and O–H groups in total. The fourth-order valence-corrected chi connectivity index (χ4v) is 0.220. The number of esters is 1. The summed E-state index contributed by atoms with van der Waals surface area (Å²) >= 11 is 0. The number of carbonyl (C=O) groups is 2. The van der Waals surface area contributed by atoms with Gasteiger partial charge in [-0.3, -0.25) is 9.59 Å². The van der Waals surface area contributed by atoms with Crippen molar-refractivity contribution in [2.45, 2.75) is 6.92 Å². The third-order valence-corrected chi connectivity index (χ3v) is 0.647. The molecule has 0 unspecified atom stereocenters. The van der Waals surface area contributed by atoms with E-state index in [1.54, 1.807) is 6.92 Å². The van der Waals surface area contributed by atoms with Crippen molar-refractivity contribution in [2.24, 2.45) is 11.5 Å². The van der Waals surface area contributed by atoms with Crippen LogP contribution in [0.3, 0.4) is 0 Å². The van der Waals surface area contributed by atoms with Gasteiger partial charge in [0.1, 0.15) is 0 Å². The number of nitrogens with two attached hydrogens (primary N) is 2. The lowest BCUT2D eigenvalue weighted by Crippen LogP contribution is -2.16. The van der Waals surface area contributed by atoms with Crippen molar-refractivity contribution in [1.29, 1.82) is 0 Å². The summed E-state index contributed by atoms with van der Waals surface area (Å²) in [5.74, 6) is -1.31. The van der Waals surface area contributed by atoms with Gasteiger partial charge in [-0.25, -0.2) is 0 Å². The Balaban J connectivity index is -0.000000150. The summed E-state index contributed by atoms with van der Waals surface area (Å²) in [6.07, 6.45) is 0. The molecule has 6 nitrogen and oxygen atoms in total. The number of carboxylic acids is 1. The van der Waals surface area contributed by atoms with E-state index in [0.717, 1.165) is 0 Å². The second-order valence-electron chi connectivity index (χ2n) is 1.61. The van der Waals surface area contributed by atoms with Crippen LogP contribution in [0.15, 0.2) is 0 Å². The third kappa shape index (κ3) is 24.7. The van der Waals surface area contributed by atoms with Gasteiger partial charge in [0.15, 0.2) is 0 Å². The van der Waals surface area contributed by atoms with Gasteiger partial charge in [0.25, 0.3) is 0 Å². The maximum absolute atomic E-state index is 10.1. The van der Waals surface area contributed by atoms with Crippen LogP contribution in [-0.4, -0.2) is 36.7 Å². The number of carboxylic acid groups (broad SMARTS) is 1. The minimum atomic E-state index is -0.968. The first-order valence-electron chi connectivity index (χ1n) is 3.36. The number of hydrogen-bond donors (Lipinski definition) is 3. The Kier molecular flexibility index (Phi) is 19.0.